The van der Waals surface area contributed by atoms with E-state index in [9.17, 15) is 14.4 Å². The van der Waals surface area contributed by atoms with Crippen LogP contribution in [0.2, 0.25) is 0 Å². The summed E-state index contributed by atoms with van der Waals surface area (Å²) in [6.45, 7) is 0. The second kappa shape index (κ2) is 7.43. The first kappa shape index (κ1) is 18.7. The number of fused-ring (bicyclic) bond motifs is 1. The molecule has 148 valence electrons. The number of hydrogen-bond donors (Lipinski definition) is 1. The van der Waals surface area contributed by atoms with E-state index in [4.69, 9.17) is 4.42 Å². The van der Waals surface area contributed by atoms with Crippen molar-refractivity contribution in [2.75, 3.05) is 5.32 Å². The zero-order chi connectivity index (χ0) is 20.5. The standard InChI is InChI=1S/C18H16N6O4S/c1-23-15-12(17(26)24(2)18(23)27)7-11(8-19-15)20-13(25)3-4-14-21-22-16(28-14)10-5-6-29-9-10/h5-9H,3-4H2,1-2H3,(H,20,25). The maximum atomic E-state index is 12.3. The molecule has 4 aromatic heterocycles. The first-order chi connectivity index (χ1) is 13.9. The van der Waals surface area contributed by atoms with Gasteiger partial charge in [-0.25, -0.2) is 9.78 Å². The molecule has 0 fully saturated rings. The quantitative estimate of drug-likeness (QED) is 0.524. The molecule has 1 N–H and O–H groups in total. The molecule has 0 aliphatic carbocycles. The molecule has 11 heteroatoms. The molecule has 0 atom stereocenters. The minimum absolute atomic E-state index is 0.120. The van der Waals surface area contributed by atoms with Gasteiger partial charge >= 0.3 is 5.69 Å². The number of amides is 1. The number of aromatic nitrogens is 5. The van der Waals surface area contributed by atoms with Gasteiger partial charge in [-0.3, -0.25) is 18.7 Å². The van der Waals surface area contributed by atoms with Crippen molar-refractivity contribution in [2.45, 2.75) is 12.8 Å². The number of rotatable bonds is 5. The van der Waals surface area contributed by atoms with Gasteiger partial charge in [-0.05, 0) is 17.5 Å². The molecule has 0 aliphatic rings. The Morgan fingerprint density at radius 2 is 2.07 bits per heavy atom. The highest BCUT2D eigenvalue weighted by atomic mass is 32.1. The summed E-state index contributed by atoms with van der Waals surface area (Å²) in [4.78, 5) is 40.7. The molecule has 4 heterocycles. The Morgan fingerprint density at radius 3 is 2.83 bits per heavy atom. The fraction of sp³-hybridized carbons (Fsp3) is 0.222. The van der Waals surface area contributed by atoms with Crippen molar-refractivity contribution in [1.29, 1.82) is 0 Å². The van der Waals surface area contributed by atoms with Crippen molar-refractivity contribution in [3.05, 3.63) is 55.8 Å². The van der Waals surface area contributed by atoms with E-state index in [0.29, 0.717) is 17.5 Å². The molecule has 4 aromatic rings. The van der Waals surface area contributed by atoms with Crippen molar-refractivity contribution in [3.8, 4) is 11.5 Å². The van der Waals surface area contributed by atoms with Crippen LogP contribution in [0.1, 0.15) is 12.3 Å². The molecule has 0 aliphatic heterocycles. The first-order valence-electron chi connectivity index (χ1n) is 8.64. The molecule has 0 aromatic carbocycles. The van der Waals surface area contributed by atoms with E-state index in [1.807, 2.05) is 16.8 Å². The van der Waals surface area contributed by atoms with E-state index < -0.39 is 11.2 Å². The summed E-state index contributed by atoms with van der Waals surface area (Å²) < 4.78 is 7.83. The smallest absolute Gasteiger partial charge is 0.332 e. The minimum atomic E-state index is -0.474. The highest BCUT2D eigenvalue weighted by molar-refractivity contribution is 7.08. The van der Waals surface area contributed by atoms with E-state index >= 15 is 0 Å². The molecule has 0 bridgehead atoms. The van der Waals surface area contributed by atoms with Crippen molar-refractivity contribution < 1.29 is 9.21 Å². The SMILES string of the molecule is Cn1c(=O)c2cc(NC(=O)CCc3nnc(-c4ccsc4)o3)cnc2n(C)c1=O. The van der Waals surface area contributed by atoms with Gasteiger partial charge in [-0.15, -0.1) is 10.2 Å². The Labute approximate surface area is 167 Å². The summed E-state index contributed by atoms with van der Waals surface area (Å²) in [5, 5.41) is 14.7. The zero-order valence-corrected chi connectivity index (χ0v) is 16.4. The molecular formula is C18H16N6O4S. The summed E-state index contributed by atoms with van der Waals surface area (Å²) in [6.07, 6.45) is 1.80. The van der Waals surface area contributed by atoms with Gasteiger partial charge in [0.15, 0.2) is 0 Å². The predicted octanol–water partition coefficient (Wildman–Crippen LogP) is 1.31. The van der Waals surface area contributed by atoms with Crippen molar-refractivity contribution in [3.63, 3.8) is 0 Å². The summed E-state index contributed by atoms with van der Waals surface area (Å²) in [6, 6.07) is 3.38. The van der Waals surface area contributed by atoms with E-state index in [2.05, 4.69) is 20.5 Å². The number of carbonyl (C=O) groups excluding carboxylic acids is 1. The largest absolute Gasteiger partial charge is 0.421 e. The minimum Gasteiger partial charge on any atom is -0.421 e. The van der Waals surface area contributed by atoms with Crippen LogP contribution >= 0.6 is 11.3 Å². The van der Waals surface area contributed by atoms with Crippen LogP contribution in [0.15, 0.2) is 43.1 Å². The molecule has 1 amide bonds. The topological polar surface area (TPSA) is 125 Å². The molecule has 0 spiro atoms. The number of nitrogens with one attached hydrogen (secondary N) is 1. The molecule has 0 radical (unpaired) electrons. The number of thiophene rings is 1. The van der Waals surface area contributed by atoms with Gasteiger partial charge in [0.05, 0.1) is 17.3 Å². The molecular weight excluding hydrogens is 396 g/mol. The lowest BCUT2D eigenvalue weighted by atomic mass is 10.2. The number of pyridine rings is 1. The average molecular weight is 412 g/mol. The second-order valence-electron chi connectivity index (χ2n) is 6.36. The van der Waals surface area contributed by atoms with Crippen LogP contribution in [-0.4, -0.2) is 30.2 Å². The van der Waals surface area contributed by atoms with Crippen LogP contribution in [0.4, 0.5) is 5.69 Å². The van der Waals surface area contributed by atoms with Crippen LogP contribution in [-0.2, 0) is 25.3 Å². The summed E-state index contributed by atoms with van der Waals surface area (Å²) in [5.41, 5.74) is 0.522. The number of hydrogen-bond acceptors (Lipinski definition) is 8. The van der Waals surface area contributed by atoms with E-state index in [-0.39, 0.29) is 29.8 Å². The van der Waals surface area contributed by atoms with Crippen molar-refractivity contribution in [1.82, 2.24) is 24.3 Å². The van der Waals surface area contributed by atoms with Gasteiger partial charge < -0.3 is 9.73 Å². The van der Waals surface area contributed by atoms with Crippen LogP contribution in [0.3, 0.4) is 0 Å². The third-order valence-electron chi connectivity index (χ3n) is 4.38. The number of nitrogens with zero attached hydrogens (tertiary/aromatic N) is 5. The van der Waals surface area contributed by atoms with Crippen LogP contribution in [0.25, 0.3) is 22.5 Å². The lowest BCUT2D eigenvalue weighted by Gasteiger charge is -2.09. The number of aryl methyl sites for hydroxylation is 2. The van der Waals surface area contributed by atoms with Gasteiger partial charge in [-0.2, -0.15) is 11.3 Å². The molecule has 0 unspecified atom stereocenters. The molecule has 0 saturated heterocycles. The number of anilines is 1. The summed E-state index contributed by atoms with van der Waals surface area (Å²) in [5.74, 6) is 0.492. The Bertz CT molecular complexity index is 1320. The summed E-state index contributed by atoms with van der Waals surface area (Å²) in [7, 11) is 2.92. The Hall–Kier alpha value is -3.60. The van der Waals surface area contributed by atoms with Crippen LogP contribution in [0.5, 0.6) is 0 Å². The maximum absolute atomic E-state index is 12.3. The fourth-order valence-electron chi connectivity index (χ4n) is 2.84. The molecule has 10 nitrogen and oxygen atoms in total. The average Bonchev–Trinajstić information content (AvgIpc) is 3.40. The third kappa shape index (κ3) is 3.59. The Morgan fingerprint density at radius 1 is 1.24 bits per heavy atom. The Kier molecular flexibility index (Phi) is 4.80. The highest BCUT2D eigenvalue weighted by Gasteiger charge is 2.13. The lowest BCUT2D eigenvalue weighted by Crippen LogP contribution is -2.37. The summed E-state index contributed by atoms with van der Waals surface area (Å²) >= 11 is 1.53. The van der Waals surface area contributed by atoms with Crippen LogP contribution < -0.4 is 16.6 Å². The van der Waals surface area contributed by atoms with Gasteiger partial charge in [0.1, 0.15) is 5.65 Å². The maximum Gasteiger partial charge on any atom is 0.332 e. The molecule has 4 rings (SSSR count). The highest BCUT2D eigenvalue weighted by Crippen LogP contribution is 2.21. The second-order valence-corrected chi connectivity index (χ2v) is 7.14. The van der Waals surface area contributed by atoms with Gasteiger partial charge in [0, 0.05) is 37.9 Å². The lowest BCUT2D eigenvalue weighted by molar-refractivity contribution is -0.116. The van der Waals surface area contributed by atoms with Crippen LogP contribution in [0, 0.1) is 0 Å². The van der Waals surface area contributed by atoms with Crippen molar-refractivity contribution in [2.24, 2.45) is 14.1 Å². The molecule has 0 saturated carbocycles. The van der Waals surface area contributed by atoms with Crippen molar-refractivity contribution >= 4 is 34.0 Å². The van der Waals surface area contributed by atoms with Gasteiger partial charge in [-0.1, -0.05) is 0 Å². The Balaban J connectivity index is 1.47. The first-order valence-corrected chi connectivity index (χ1v) is 9.59. The number of carbonyl (C=O) groups is 1. The van der Waals surface area contributed by atoms with Gasteiger partial charge in [0.2, 0.25) is 17.7 Å². The monoisotopic (exact) mass is 412 g/mol. The normalized spacial score (nSPS) is 11.1. The van der Waals surface area contributed by atoms with E-state index in [1.165, 1.54) is 42.3 Å². The predicted molar refractivity (Wildman–Crippen MR) is 107 cm³/mol. The van der Waals surface area contributed by atoms with Gasteiger partial charge in [0.25, 0.3) is 5.56 Å². The van der Waals surface area contributed by atoms with E-state index in [0.717, 1.165) is 10.1 Å². The molecule has 29 heavy (non-hydrogen) atoms. The zero-order valence-electron chi connectivity index (χ0n) is 15.6. The van der Waals surface area contributed by atoms with E-state index in [1.54, 1.807) is 0 Å². The fourth-order valence-corrected chi connectivity index (χ4v) is 3.46. The third-order valence-corrected chi connectivity index (χ3v) is 5.06.